The van der Waals surface area contributed by atoms with Gasteiger partial charge in [-0.1, -0.05) is 6.92 Å². The minimum absolute atomic E-state index is 0.00398. The highest BCUT2D eigenvalue weighted by Gasteiger charge is 2.11. The molecule has 2 aromatic rings. The molecule has 6 nitrogen and oxygen atoms in total. The number of anilines is 1. The highest BCUT2D eigenvalue weighted by molar-refractivity contribution is 5.62. The maximum Gasteiger partial charge on any atom is 0.203 e. The first kappa shape index (κ1) is 10.8. The maximum absolute atomic E-state index is 9.13. The smallest absolute Gasteiger partial charge is 0.203 e. The Hall–Kier alpha value is -1.69. The van der Waals surface area contributed by atoms with Crippen LogP contribution in [0.2, 0.25) is 0 Å². The van der Waals surface area contributed by atoms with Gasteiger partial charge >= 0.3 is 0 Å². The summed E-state index contributed by atoms with van der Waals surface area (Å²) < 4.78 is 1.86. The molecule has 2 N–H and O–H groups in total. The lowest BCUT2D eigenvalue weighted by atomic mass is 10.2. The number of aryl methyl sites for hydroxylation is 1. The van der Waals surface area contributed by atoms with Crippen LogP contribution in [0.15, 0.2) is 12.4 Å². The molecule has 0 radical (unpaired) electrons. The number of aliphatic hydroxyl groups excluding tert-OH is 1. The zero-order chi connectivity index (χ0) is 11.5. The van der Waals surface area contributed by atoms with Crippen molar-refractivity contribution in [3.63, 3.8) is 0 Å². The van der Waals surface area contributed by atoms with E-state index in [1.54, 1.807) is 6.20 Å². The van der Waals surface area contributed by atoms with Gasteiger partial charge in [0.05, 0.1) is 12.6 Å². The van der Waals surface area contributed by atoms with Gasteiger partial charge in [-0.3, -0.25) is 4.40 Å². The van der Waals surface area contributed by atoms with E-state index in [-0.39, 0.29) is 12.6 Å². The molecular weight excluding hydrogens is 206 g/mol. The molecule has 0 saturated carbocycles. The third-order valence-electron chi connectivity index (χ3n) is 2.55. The van der Waals surface area contributed by atoms with E-state index in [0.29, 0.717) is 11.5 Å². The van der Waals surface area contributed by atoms with Crippen LogP contribution in [0.3, 0.4) is 0 Å². The van der Waals surface area contributed by atoms with Crippen molar-refractivity contribution in [1.82, 2.24) is 19.6 Å². The molecule has 1 unspecified atom stereocenters. The van der Waals surface area contributed by atoms with Crippen molar-refractivity contribution in [1.29, 1.82) is 0 Å². The quantitative estimate of drug-likeness (QED) is 0.791. The molecule has 2 rings (SSSR count). The molecule has 1 atom stereocenters. The fourth-order valence-corrected chi connectivity index (χ4v) is 1.51. The number of fused-ring (bicyclic) bond motifs is 1. The summed E-state index contributed by atoms with van der Waals surface area (Å²) >= 11 is 0. The van der Waals surface area contributed by atoms with Gasteiger partial charge in [-0.2, -0.15) is 0 Å². The van der Waals surface area contributed by atoms with Crippen LogP contribution in [0, 0.1) is 6.92 Å². The summed E-state index contributed by atoms with van der Waals surface area (Å²) in [4.78, 5) is 4.21. The second-order valence-corrected chi connectivity index (χ2v) is 3.65. The van der Waals surface area contributed by atoms with Crippen LogP contribution in [-0.4, -0.2) is 37.3 Å². The molecule has 0 spiro atoms. The number of nitrogens with zero attached hydrogens (tertiary/aromatic N) is 4. The molecule has 0 aromatic carbocycles. The van der Waals surface area contributed by atoms with E-state index in [1.807, 2.05) is 24.4 Å². The summed E-state index contributed by atoms with van der Waals surface area (Å²) in [5.74, 6) is 1.47. The van der Waals surface area contributed by atoms with Gasteiger partial charge in [-0.05, 0) is 13.3 Å². The average molecular weight is 221 g/mol. The number of aromatic nitrogens is 4. The molecule has 2 aromatic heterocycles. The summed E-state index contributed by atoms with van der Waals surface area (Å²) in [6.45, 7) is 3.96. The minimum Gasteiger partial charge on any atom is -0.394 e. The summed E-state index contributed by atoms with van der Waals surface area (Å²) in [6.07, 6.45) is 4.33. The van der Waals surface area contributed by atoms with Gasteiger partial charge in [-0.25, -0.2) is 4.98 Å². The predicted molar refractivity (Wildman–Crippen MR) is 60.3 cm³/mol. The molecule has 16 heavy (non-hydrogen) atoms. The lowest BCUT2D eigenvalue weighted by Crippen LogP contribution is -2.23. The predicted octanol–water partition coefficient (Wildman–Crippen LogP) is 0.616. The highest BCUT2D eigenvalue weighted by atomic mass is 16.3. The molecule has 0 fully saturated rings. The normalized spacial score (nSPS) is 12.9. The molecule has 0 aliphatic carbocycles. The number of rotatable bonds is 4. The number of hydrogen-bond acceptors (Lipinski definition) is 5. The summed E-state index contributed by atoms with van der Waals surface area (Å²) in [6, 6.07) is -0.00398. The van der Waals surface area contributed by atoms with Crippen LogP contribution in [0.25, 0.3) is 5.65 Å². The van der Waals surface area contributed by atoms with Gasteiger partial charge in [0.2, 0.25) is 5.65 Å². The Morgan fingerprint density at radius 3 is 3.00 bits per heavy atom. The lowest BCUT2D eigenvalue weighted by molar-refractivity contribution is 0.271. The van der Waals surface area contributed by atoms with Crippen LogP contribution in [0.4, 0.5) is 5.82 Å². The second-order valence-electron chi connectivity index (χ2n) is 3.65. The Kier molecular flexibility index (Phi) is 3.00. The highest BCUT2D eigenvalue weighted by Crippen LogP contribution is 2.13. The van der Waals surface area contributed by atoms with E-state index in [2.05, 4.69) is 20.5 Å². The first-order chi connectivity index (χ1) is 7.76. The van der Waals surface area contributed by atoms with Gasteiger partial charge in [0.25, 0.3) is 0 Å². The molecule has 6 heteroatoms. The Morgan fingerprint density at radius 2 is 2.31 bits per heavy atom. The Labute approximate surface area is 93.3 Å². The first-order valence-corrected chi connectivity index (χ1v) is 5.30. The van der Waals surface area contributed by atoms with Crippen LogP contribution in [0.5, 0.6) is 0 Å². The van der Waals surface area contributed by atoms with Crippen molar-refractivity contribution < 1.29 is 5.11 Å². The van der Waals surface area contributed by atoms with Gasteiger partial charge in [0, 0.05) is 12.4 Å². The largest absolute Gasteiger partial charge is 0.394 e. The number of hydrogen-bond donors (Lipinski definition) is 2. The van der Waals surface area contributed by atoms with E-state index >= 15 is 0 Å². The molecule has 2 heterocycles. The SMILES string of the molecule is CCC(CO)Nc1nccn2c(C)nnc12. The van der Waals surface area contributed by atoms with Crippen molar-refractivity contribution in [2.24, 2.45) is 0 Å². The Morgan fingerprint density at radius 1 is 1.50 bits per heavy atom. The van der Waals surface area contributed by atoms with E-state index < -0.39 is 0 Å². The molecule has 0 aliphatic rings. The molecule has 0 aliphatic heterocycles. The third-order valence-corrected chi connectivity index (χ3v) is 2.55. The average Bonchev–Trinajstić information content (AvgIpc) is 2.69. The van der Waals surface area contributed by atoms with Gasteiger partial charge in [0.1, 0.15) is 5.82 Å². The molecular formula is C10H15N5O. The van der Waals surface area contributed by atoms with E-state index in [9.17, 15) is 0 Å². The third kappa shape index (κ3) is 1.83. The molecule has 0 bridgehead atoms. The van der Waals surface area contributed by atoms with Gasteiger partial charge in [0.15, 0.2) is 5.82 Å². The van der Waals surface area contributed by atoms with Crippen molar-refractivity contribution >= 4 is 11.5 Å². The van der Waals surface area contributed by atoms with Crippen LogP contribution in [-0.2, 0) is 0 Å². The van der Waals surface area contributed by atoms with Crippen molar-refractivity contribution in [2.45, 2.75) is 26.3 Å². The zero-order valence-corrected chi connectivity index (χ0v) is 9.38. The summed E-state index contributed by atoms with van der Waals surface area (Å²) in [7, 11) is 0. The molecule has 0 amide bonds. The Bertz CT molecular complexity index is 477. The van der Waals surface area contributed by atoms with Crippen LogP contribution >= 0.6 is 0 Å². The summed E-state index contributed by atoms with van der Waals surface area (Å²) in [5, 5.41) is 20.3. The monoisotopic (exact) mass is 221 g/mol. The maximum atomic E-state index is 9.13. The van der Waals surface area contributed by atoms with E-state index in [1.165, 1.54) is 0 Å². The molecule has 0 saturated heterocycles. The lowest BCUT2D eigenvalue weighted by Gasteiger charge is -2.14. The van der Waals surface area contributed by atoms with E-state index in [4.69, 9.17) is 5.11 Å². The second kappa shape index (κ2) is 4.44. The van der Waals surface area contributed by atoms with E-state index in [0.717, 1.165) is 12.2 Å². The summed E-state index contributed by atoms with van der Waals surface area (Å²) in [5.41, 5.74) is 0.687. The number of nitrogens with one attached hydrogen (secondary N) is 1. The number of aliphatic hydroxyl groups is 1. The zero-order valence-electron chi connectivity index (χ0n) is 9.38. The van der Waals surface area contributed by atoms with Gasteiger partial charge in [-0.15, -0.1) is 10.2 Å². The van der Waals surface area contributed by atoms with Crippen molar-refractivity contribution in [3.05, 3.63) is 18.2 Å². The van der Waals surface area contributed by atoms with Crippen LogP contribution < -0.4 is 5.32 Å². The topological polar surface area (TPSA) is 75.3 Å². The minimum atomic E-state index is -0.00398. The van der Waals surface area contributed by atoms with Crippen molar-refractivity contribution in [2.75, 3.05) is 11.9 Å². The fourth-order valence-electron chi connectivity index (χ4n) is 1.51. The van der Waals surface area contributed by atoms with Gasteiger partial charge < -0.3 is 10.4 Å². The Balaban J connectivity index is 2.37. The molecule has 86 valence electrons. The van der Waals surface area contributed by atoms with Crippen LogP contribution in [0.1, 0.15) is 19.2 Å². The fraction of sp³-hybridized carbons (Fsp3) is 0.500. The van der Waals surface area contributed by atoms with Crippen molar-refractivity contribution in [3.8, 4) is 0 Å². The first-order valence-electron chi connectivity index (χ1n) is 5.30. The standard InChI is InChI=1S/C10H15N5O/c1-3-8(6-16)12-9-10-14-13-7(2)15(10)5-4-11-9/h4-5,8,16H,3,6H2,1-2H3,(H,11,12).